The van der Waals surface area contributed by atoms with Gasteiger partial charge in [-0.25, -0.2) is 4.79 Å². The van der Waals surface area contributed by atoms with Gasteiger partial charge in [0.25, 0.3) is 0 Å². The van der Waals surface area contributed by atoms with Gasteiger partial charge in [-0.05, 0) is 28.0 Å². The Morgan fingerprint density at radius 3 is 2.39 bits per heavy atom. The zero-order valence-corrected chi connectivity index (χ0v) is 12.7. The van der Waals surface area contributed by atoms with Crippen molar-refractivity contribution in [2.24, 2.45) is 0 Å². The van der Waals surface area contributed by atoms with E-state index in [0.29, 0.717) is 5.70 Å². The molecule has 114 valence electrons. The molecule has 0 unspecified atom stereocenters. The third kappa shape index (κ3) is 3.77. The Hall–Kier alpha value is -3.07. The van der Waals surface area contributed by atoms with Crippen molar-refractivity contribution in [2.45, 2.75) is 6.61 Å². The summed E-state index contributed by atoms with van der Waals surface area (Å²) in [5, 5.41) is 4.93. The normalized spacial score (nSPS) is 10.3. The number of ether oxygens (including phenoxy) is 1. The molecule has 3 aromatic carbocycles. The number of fused-ring (bicyclic) bond motifs is 1. The van der Waals surface area contributed by atoms with Crippen LogP contribution >= 0.6 is 0 Å². The minimum absolute atomic E-state index is 0.234. The summed E-state index contributed by atoms with van der Waals surface area (Å²) >= 11 is 0. The zero-order valence-electron chi connectivity index (χ0n) is 12.7. The summed E-state index contributed by atoms with van der Waals surface area (Å²) < 4.78 is 5.20. The van der Waals surface area contributed by atoms with Crippen molar-refractivity contribution < 1.29 is 9.53 Å². The first-order chi connectivity index (χ1) is 11.2. The van der Waals surface area contributed by atoms with Gasteiger partial charge in [0, 0.05) is 5.70 Å². The van der Waals surface area contributed by atoms with E-state index >= 15 is 0 Å². The third-order valence-corrected chi connectivity index (χ3v) is 3.56. The van der Waals surface area contributed by atoms with E-state index in [4.69, 9.17) is 4.74 Å². The lowest BCUT2D eigenvalue weighted by Gasteiger charge is -2.10. The van der Waals surface area contributed by atoms with Crippen molar-refractivity contribution in [3.63, 3.8) is 0 Å². The maximum Gasteiger partial charge on any atom is 0.411 e. The lowest BCUT2D eigenvalue weighted by atomic mass is 10.1. The van der Waals surface area contributed by atoms with Crippen LogP contribution in [0.3, 0.4) is 0 Å². The number of rotatable bonds is 4. The van der Waals surface area contributed by atoms with Gasteiger partial charge in [-0.1, -0.05) is 73.3 Å². The SMILES string of the molecule is C=C(NC(=O)OCc1ccccc1)c1ccc2ccccc2c1. The molecule has 0 fully saturated rings. The first kappa shape index (κ1) is 14.9. The van der Waals surface area contributed by atoms with Crippen LogP contribution < -0.4 is 5.32 Å². The monoisotopic (exact) mass is 303 g/mol. The number of hydrogen-bond donors (Lipinski definition) is 1. The zero-order chi connectivity index (χ0) is 16.1. The largest absolute Gasteiger partial charge is 0.444 e. The molecule has 23 heavy (non-hydrogen) atoms. The topological polar surface area (TPSA) is 38.3 Å². The average Bonchev–Trinajstić information content (AvgIpc) is 2.60. The lowest BCUT2D eigenvalue weighted by Crippen LogP contribution is -2.22. The predicted octanol–water partition coefficient (Wildman–Crippen LogP) is 4.74. The summed E-state index contributed by atoms with van der Waals surface area (Å²) in [7, 11) is 0. The molecule has 0 aliphatic carbocycles. The van der Waals surface area contributed by atoms with E-state index < -0.39 is 6.09 Å². The summed E-state index contributed by atoms with van der Waals surface area (Å²) in [5.74, 6) is 0. The van der Waals surface area contributed by atoms with E-state index in [1.807, 2.05) is 72.8 Å². The smallest absolute Gasteiger partial charge is 0.411 e. The Morgan fingerprint density at radius 1 is 0.913 bits per heavy atom. The van der Waals surface area contributed by atoms with E-state index in [1.165, 1.54) is 0 Å². The first-order valence-electron chi connectivity index (χ1n) is 7.38. The van der Waals surface area contributed by atoms with Crippen molar-refractivity contribution in [3.8, 4) is 0 Å². The van der Waals surface area contributed by atoms with Crippen molar-refractivity contribution >= 4 is 22.6 Å². The number of benzene rings is 3. The van der Waals surface area contributed by atoms with Gasteiger partial charge in [0.1, 0.15) is 6.61 Å². The Balaban J connectivity index is 1.62. The number of carbonyl (C=O) groups is 1. The van der Waals surface area contributed by atoms with E-state index in [2.05, 4.69) is 11.9 Å². The van der Waals surface area contributed by atoms with Gasteiger partial charge >= 0.3 is 6.09 Å². The van der Waals surface area contributed by atoms with Gasteiger partial charge in [-0.15, -0.1) is 0 Å². The molecular formula is C20H17NO2. The number of carbonyl (C=O) groups excluding carboxylic acids is 1. The van der Waals surface area contributed by atoms with Gasteiger partial charge < -0.3 is 4.74 Å². The first-order valence-corrected chi connectivity index (χ1v) is 7.38. The highest BCUT2D eigenvalue weighted by molar-refractivity contribution is 5.88. The fourth-order valence-corrected chi connectivity index (χ4v) is 2.33. The molecule has 0 aliphatic rings. The molecule has 0 aliphatic heterocycles. The van der Waals surface area contributed by atoms with Crippen LogP contribution in [0.1, 0.15) is 11.1 Å². The molecule has 3 nitrogen and oxygen atoms in total. The summed E-state index contributed by atoms with van der Waals surface area (Å²) in [6.07, 6.45) is -0.507. The standard InChI is InChI=1S/C20H17NO2/c1-15(18-12-11-17-9-5-6-10-19(17)13-18)21-20(22)23-14-16-7-3-2-4-8-16/h2-13H,1,14H2,(H,21,22). The molecule has 0 atom stereocenters. The Kier molecular flexibility index (Phi) is 4.39. The van der Waals surface area contributed by atoms with Gasteiger partial charge in [0.05, 0.1) is 0 Å². The highest BCUT2D eigenvalue weighted by atomic mass is 16.5. The highest BCUT2D eigenvalue weighted by Gasteiger charge is 2.07. The molecule has 1 amide bonds. The second kappa shape index (κ2) is 6.79. The molecule has 0 radical (unpaired) electrons. The molecule has 0 bridgehead atoms. The van der Waals surface area contributed by atoms with Gasteiger partial charge in [0.15, 0.2) is 0 Å². The van der Waals surface area contributed by atoms with Gasteiger partial charge in [0.2, 0.25) is 0 Å². The molecule has 3 aromatic rings. The van der Waals surface area contributed by atoms with Gasteiger partial charge in [-0.3, -0.25) is 5.32 Å². The number of amides is 1. The molecule has 0 saturated carbocycles. The van der Waals surface area contributed by atoms with Crippen molar-refractivity contribution in [3.05, 3.63) is 90.5 Å². The second-order valence-electron chi connectivity index (χ2n) is 5.23. The third-order valence-electron chi connectivity index (χ3n) is 3.56. The van der Waals surface area contributed by atoms with Crippen LogP contribution in [-0.2, 0) is 11.3 Å². The molecular weight excluding hydrogens is 286 g/mol. The van der Waals surface area contributed by atoms with Crippen LogP contribution in [0.5, 0.6) is 0 Å². The average molecular weight is 303 g/mol. The maximum atomic E-state index is 11.9. The molecule has 0 spiro atoms. The molecule has 0 heterocycles. The Morgan fingerprint density at radius 2 is 1.61 bits per heavy atom. The quantitative estimate of drug-likeness (QED) is 0.756. The number of hydrogen-bond acceptors (Lipinski definition) is 2. The summed E-state index contributed by atoms with van der Waals surface area (Å²) in [6, 6.07) is 23.5. The maximum absolute atomic E-state index is 11.9. The van der Waals surface area contributed by atoms with Crippen LogP contribution in [0, 0.1) is 0 Å². The molecule has 0 aromatic heterocycles. The second-order valence-corrected chi connectivity index (χ2v) is 5.23. The van der Waals surface area contributed by atoms with Crippen LogP contribution in [0.4, 0.5) is 4.79 Å². The number of nitrogens with one attached hydrogen (secondary N) is 1. The van der Waals surface area contributed by atoms with Crippen molar-refractivity contribution in [1.29, 1.82) is 0 Å². The van der Waals surface area contributed by atoms with E-state index in [9.17, 15) is 4.79 Å². The molecule has 0 saturated heterocycles. The van der Waals surface area contributed by atoms with Crippen LogP contribution in [0.15, 0.2) is 79.4 Å². The lowest BCUT2D eigenvalue weighted by molar-refractivity contribution is 0.144. The Bertz CT molecular complexity index is 840. The minimum Gasteiger partial charge on any atom is -0.444 e. The fourth-order valence-electron chi connectivity index (χ4n) is 2.33. The molecule has 1 N–H and O–H groups in total. The number of alkyl carbamates (subject to hydrolysis) is 1. The molecule has 3 heteroatoms. The predicted molar refractivity (Wildman–Crippen MR) is 92.7 cm³/mol. The highest BCUT2D eigenvalue weighted by Crippen LogP contribution is 2.19. The van der Waals surface area contributed by atoms with Gasteiger partial charge in [-0.2, -0.15) is 0 Å². The van der Waals surface area contributed by atoms with E-state index in [0.717, 1.165) is 21.9 Å². The Labute approximate surface area is 135 Å². The van der Waals surface area contributed by atoms with Crippen LogP contribution in [0.25, 0.3) is 16.5 Å². The fraction of sp³-hybridized carbons (Fsp3) is 0.0500. The minimum atomic E-state index is -0.507. The summed E-state index contributed by atoms with van der Waals surface area (Å²) in [6.45, 7) is 4.15. The summed E-state index contributed by atoms with van der Waals surface area (Å²) in [4.78, 5) is 11.9. The van der Waals surface area contributed by atoms with Crippen molar-refractivity contribution in [1.82, 2.24) is 5.32 Å². The summed E-state index contributed by atoms with van der Waals surface area (Å²) in [5.41, 5.74) is 2.33. The van der Waals surface area contributed by atoms with Crippen molar-refractivity contribution in [2.75, 3.05) is 0 Å². The van der Waals surface area contributed by atoms with E-state index in [1.54, 1.807) is 0 Å². The van der Waals surface area contributed by atoms with Crippen LogP contribution in [-0.4, -0.2) is 6.09 Å². The molecule has 3 rings (SSSR count). The van der Waals surface area contributed by atoms with E-state index in [-0.39, 0.29) is 6.61 Å². The van der Waals surface area contributed by atoms with Crippen LogP contribution in [0.2, 0.25) is 0 Å².